The molecule has 4 amide bonds. The van der Waals surface area contributed by atoms with Gasteiger partial charge in [-0.15, -0.1) is 0 Å². The minimum absolute atomic E-state index is 0.00525. The number of nitrogens with one attached hydrogen (secondary N) is 3. The number of hydrogen-bond donors (Lipinski definition) is 7. The number of aliphatic hydroxyl groups is 3. The number of nitro groups is 1. The second-order valence-corrected chi connectivity index (χ2v) is 24.7. The molecule has 7 N–H and O–H groups in total. The molecule has 4 aliphatic rings. The van der Waals surface area contributed by atoms with Crippen molar-refractivity contribution in [1.29, 1.82) is 0 Å². The van der Waals surface area contributed by atoms with Gasteiger partial charge in [-0.1, -0.05) is 12.1 Å². The molecule has 0 bridgehead atoms. The second-order valence-electron chi connectivity index (χ2n) is 22.8. The van der Waals surface area contributed by atoms with Gasteiger partial charge in [-0.05, 0) is 108 Å². The molecule has 0 aromatic heterocycles. The average molecular weight is 1090 g/mol. The summed E-state index contributed by atoms with van der Waals surface area (Å²) in [6.45, 7) is 17.6. The van der Waals surface area contributed by atoms with E-state index in [-0.39, 0.29) is 26.0 Å². The van der Waals surface area contributed by atoms with Crippen LogP contribution in [0.15, 0.2) is 29.2 Å². The van der Waals surface area contributed by atoms with Crippen LogP contribution in [-0.4, -0.2) is 202 Å². The van der Waals surface area contributed by atoms with Crippen molar-refractivity contribution in [3.63, 3.8) is 0 Å². The number of benzene rings is 1. The molecular formula is C47H76N6O21S. The van der Waals surface area contributed by atoms with Gasteiger partial charge in [0.05, 0.1) is 54.5 Å². The lowest BCUT2D eigenvalue weighted by Gasteiger charge is -2.50. The molecule has 3 heterocycles. The molecular weight excluding hydrogens is 1020 g/mol. The molecule has 75 heavy (non-hydrogen) atoms. The molecule has 28 heteroatoms. The van der Waals surface area contributed by atoms with E-state index in [1.54, 1.807) is 76.2 Å². The zero-order chi connectivity index (χ0) is 56.4. The number of hydrogen-bond acceptors (Lipinski definition) is 20. The Hall–Kier alpha value is -4.75. The first kappa shape index (κ1) is 61.1. The molecule has 27 nitrogen and oxygen atoms in total. The maximum absolute atomic E-state index is 14.6. The molecule has 3 aliphatic heterocycles. The van der Waals surface area contributed by atoms with Crippen molar-refractivity contribution in [3.8, 4) is 0 Å². The van der Waals surface area contributed by atoms with E-state index >= 15 is 0 Å². The first-order valence-corrected chi connectivity index (χ1v) is 26.0. The molecule has 1 aliphatic carbocycles. The van der Waals surface area contributed by atoms with Gasteiger partial charge in [-0.3, -0.25) is 10.1 Å². The van der Waals surface area contributed by atoms with E-state index in [0.29, 0.717) is 0 Å². The van der Waals surface area contributed by atoms with Crippen LogP contribution in [0.4, 0.5) is 24.9 Å². The van der Waals surface area contributed by atoms with E-state index in [1.807, 2.05) is 0 Å². The van der Waals surface area contributed by atoms with Gasteiger partial charge in [0, 0.05) is 26.2 Å². The third-order valence-corrected chi connectivity index (χ3v) is 14.0. The number of nitro benzene ring substituents is 1. The SMILES string of the molecule is CN(C(=O)OC(C)(C)C)[C@@H]1[C@@H](O)[C@@H](O[C@@H]2[C@@H](O)[C@H](O[C@H]3O[C@H](CN(C[C@@H]4COC(C)(C)O4)S(=O)(=O)c4ccccc4[N+](=O)[O-])CC[C@H]3NC(=O)OC(C)(C)C)[C@@H](NC(=O)OC(C)(C)C)C[C@H]2NC(=O)O)OC[C@]1(C)O. The normalized spacial score (nSPS) is 31.4. The fourth-order valence-corrected chi connectivity index (χ4v) is 10.8. The molecule has 5 rings (SSSR count). The minimum atomic E-state index is -4.72. The zero-order valence-electron chi connectivity index (χ0n) is 44.7. The van der Waals surface area contributed by atoms with E-state index < -0.39 is 171 Å². The van der Waals surface area contributed by atoms with Gasteiger partial charge in [0.15, 0.2) is 23.3 Å². The first-order valence-electron chi connectivity index (χ1n) is 24.5. The standard InChI is InChI=1S/C47H76N6O21S/c1-43(2,3)72-40(58)49-27-19-18-25(21-52(22-26-23-67-46(10,11)71-26)75(64,65)31-17-15-14-16-30(31)53(62)63)68-37(27)69-35-29(50-41(59)73-44(4,5)6)20-28(48-39(56)57)34(32(35)54)70-38-33(55)36(47(12,61)24-66-38)51(13)42(60)74-45(7,8)9/h14-17,25-29,32-38,48,54-55,61H,18-24H2,1-13H3,(H,49,58)(H,50,59)(H,56,57)/t25-,26+,27+,28+,29-,32+,33+,34-,35+,36+,37+,38+,47-/m0/s1. The zero-order valence-corrected chi connectivity index (χ0v) is 45.5. The highest BCUT2D eigenvalue weighted by Gasteiger charge is 2.55. The summed E-state index contributed by atoms with van der Waals surface area (Å²) in [5.41, 5.74) is -5.63. The number of para-hydroxylation sites is 1. The van der Waals surface area contributed by atoms with E-state index in [4.69, 9.17) is 42.6 Å². The fourth-order valence-electron chi connectivity index (χ4n) is 9.19. The number of rotatable bonds is 15. The smallest absolute Gasteiger partial charge is 0.410 e. The summed E-state index contributed by atoms with van der Waals surface area (Å²) in [7, 11) is -3.45. The number of carbonyl (C=O) groups excluding carboxylic acids is 3. The third kappa shape index (κ3) is 16.6. The number of amides is 4. The van der Waals surface area contributed by atoms with Gasteiger partial charge in [0.2, 0.25) is 10.0 Å². The average Bonchev–Trinajstić information content (AvgIpc) is 3.59. The largest absolute Gasteiger partial charge is 0.465 e. The van der Waals surface area contributed by atoms with E-state index in [2.05, 4.69) is 16.0 Å². The van der Waals surface area contributed by atoms with Crippen molar-refractivity contribution in [2.45, 2.75) is 209 Å². The van der Waals surface area contributed by atoms with Crippen LogP contribution in [0.5, 0.6) is 0 Å². The Labute approximate surface area is 436 Å². The highest BCUT2D eigenvalue weighted by molar-refractivity contribution is 7.89. The first-order chi connectivity index (χ1) is 34.4. The number of alkyl carbamates (subject to hydrolysis) is 2. The van der Waals surface area contributed by atoms with Crippen molar-refractivity contribution in [2.24, 2.45) is 0 Å². The van der Waals surface area contributed by atoms with Crippen molar-refractivity contribution >= 4 is 40.1 Å². The molecule has 13 atom stereocenters. The van der Waals surface area contributed by atoms with E-state index in [9.17, 15) is 58.1 Å². The van der Waals surface area contributed by atoms with Gasteiger partial charge in [0.1, 0.15) is 46.8 Å². The summed E-state index contributed by atoms with van der Waals surface area (Å²) < 4.78 is 83.5. The number of sulfonamides is 1. The molecule has 4 fully saturated rings. The highest BCUT2D eigenvalue weighted by Crippen LogP contribution is 2.36. The molecule has 0 radical (unpaired) electrons. The molecule has 3 saturated heterocycles. The highest BCUT2D eigenvalue weighted by atomic mass is 32.2. The van der Waals surface area contributed by atoms with Crippen molar-refractivity contribution in [1.82, 2.24) is 25.2 Å². The van der Waals surface area contributed by atoms with Crippen LogP contribution in [0.3, 0.4) is 0 Å². The number of carboxylic acid groups (broad SMARTS) is 1. The van der Waals surface area contributed by atoms with Crippen molar-refractivity contribution in [2.75, 3.05) is 33.4 Å². The lowest BCUT2D eigenvalue weighted by atomic mass is 9.83. The van der Waals surface area contributed by atoms with E-state index in [1.165, 1.54) is 26.1 Å². The number of ether oxygens (including phenoxy) is 9. The van der Waals surface area contributed by atoms with Gasteiger partial charge in [-0.2, -0.15) is 4.31 Å². The summed E-state index contributed by atoms with van der Waals surface area (Å²) >= 11 is 0. The number of aliphatic hydroxyl groups excluding tert-OH is 2. The molecule has 426 valence electrons. The Bertz CT molecular complexity index is 2300. The Balaban J connectivity index is 1.55. The molecule has 1 aromatic rings. The summed E-state index contributed by atoms with van der Waals surface area (Å²) in [5.74, 6) is -1.09. The predicted octanol–water partition coefficient (Wildman–Crippen LogP) is 2.90. The summed E-state index contributed by atoms with van der Waals surface area (Å²) in [5, 5.41) is 65.6. The lowest BCUT2D eigenvalue weighted by Crippen LogP contribution is -2.70. The van der Waals surface area contributed by atoms with Gasteiger partial charge in [0.25, 0.3) is 5.69 Å². The maximum atomic E-state index is 14.6. The van der Waals surface area contributed by atoms with Crippen LogP contribution in [-0.2, 0) is 52.7 Å². The molecule has 0 spiro atoms. The number of likely N-dealkylation sites (N-methyl/N-ethyl adjacent to an activating group) is 1. The van der Waals surface area contributed by atoms with Gasteiger partial charge >= 0.3 is 24.4 Å². The third-order valence-electron chi connectivity index (χ3n) is 12.2. The fraction of sp³-hybridized carbons (Fsp3) is 0.787. The maximum Gasteiger partial charge on any atom is 0.410 e. The van der Waals surface area contributed by atoms with Crippen molar-refractivity contribution in [3.05, 3.63) is 34.4 Å². The monoisotopic (exact) mass is 1090 g/mol. The van der Waals surface area contributed by atoms with Gasteiger partial charge < -0.3 is 83.9 Å². The predicted molar refractivity (Wildman–Crippen MR) is 260 cm³/mol. The Kier molecular flexibility index (Phi) is 19.1. The van der Waals surface area contributed by atoms with Crippen LogP contribution in [0.1, 0.15) is 102 Å². The summed E-state index contributed by atoms with van der Waals surface area (Å²) in [6.07, 6.45) is -17.6. The van der Waals surface area contributed by atoms with Crippen LogP contribution in [0.2, 0.25) is 0 Å². The molecule has 0 unspecified atom stereocenters. The quantitative estimate of drug-likeness (QED) is 0.0754. The summed E-state index contributed by atoms with van der Waals surface area (Å²) in [6, 6.07) is -0.609. The minimum Gasteiger partial charge on any atom is -0.465 e. The topological polar surface area (TPSA) is 352 Å². The van der Waals surface area contributed by atoms with Crippen molar-refractivity contribution < 1.29 is 95.6 Å². The Morgan fingerprint density at radius 3 is 1.87 bits per heavy atom. The molecule has 1 saturated carbocycles. The van der Waals surface area contributed by atoms with Crippen LogP contribution < -0.4 is 16.0 Å². The van der Waals surface area contributed by atoms with Crippen LogP contribution in [0, 0.1) is 10.1 Å². The summed E-state index contributed by atoms with van der Waals surface area (Å²) in [4.78, 5) is 64.3. The Morgan fingerprint density at radius 2 is 1.33 bits per heavy atom. The number of nitrogens with zero attached hydrogens (tertiary/aromatic N) is 3. The van der Waals surface area contributed by atoms with Crippen LogP contribution in [0.25, 0.3) is 0 Å². The Morgan fingerprint density at radius 1 is 0.800 bits per heavy atom. The molecule has 1 aromatic carbocycles. The van der Waals surface area contributed by atoms with Crippen LogP contribution >= 0.6 is 0 Å². The lowest BCUT2D eigenvalue weighted by molar-refractivity contribution is -0.387. The van der Waals surface area contributed by atoms with E-state index in [0.717, 1.165) is 21.3 Å². The second kappa shape index (κ2) is 23.5. The van der Waals surface area contributed by atoms with Gasteiger partial charge in [-0.25, -0.2) is 27.6 Å². The number of carbonyl (C=O) groups is 4.